The van der Waals surface area contributed by atoms with Crippen molar-refractivity contribution < 1.29 is 14.6 Å². The maximum absolute atomic E-state index is 11.6. The van der Waals surface area contributed by atoms with Crippen molar-refractivity contribution in [3.05, 3.63) is 59.1 Å². The Kier molecular flexibility index (Phi) is 4.67. The fraction of sp³-hybridized carbons (Fsp3) is 0.158. The number of ether oxygens (including phenoxy) is 1. The highest BCUT2D eigenvalue weighted by molar-refractivity contribution is 6.35. The lowest BCUT2D eigenvalue weighted by Gasteiger charge is -2.10. The number of aromatic carboxylic acids is 1. The Morgan fingerprint density at radius 1 is 1.21 bits per heavy atom. The summed E-state index contributed by atoms with van der Waals surface area (Å²) < 4.78 is 5.64. The molecule has 0 aliphatic heterocycles. The number of hydrogen-bond donors (Lipinski definition) is 1. The van der Waals surface area contributed by atoms with Crippen LogP contribution >= 0.6 is 11.6 Å². The number of fused-ring (bicyclic) bond motifs is 1. The average molecular weight is 342 g/mol. The maximum atomic E-state index is 11.6. The summed E-state index contributed by atoms with van der Waals surface area (Å²) in [5.41, 5.74) is 1.99. The normalized spacial score (nSPS) is 10.8. The lowest BCUT2D eigenvalue weighted by atomic mass is 10.0. The van der Waals surface area contributed by atoms with E-state index < -0.39 is 5.97 Å². The van der Waals surface area contributed by atoms with E-state index in [0.717, 1.165) is 17.7 Å². The minimum Gasteiger partial charge on any atom is -0.494 e. The van der Waals surface area contributed by atoms with Crippen LogP contribution in [0, 0.1) is 0 Å². The van der Waals surface area contributed by atoms with E-state index in [1.165, 1.54) is 0 Å². The number of para-hydroxylation sites is 1. The second-order valence-electron chi connectivity index (χ2n) is 5.37. The van der Waals surface area contributed by atoms with E-state index >= 15 is 0 Å². The summed E-state index contributed by atoms with van der Waals surface area (Å²) in [6, 6.07) is 14.2. The topological polar surface area (TPSA) is 59.4 Å². The third kappa shape index (κ3) is 3.19. The van der Waals surface area contributed by atoms with Gasteiger partial charge in [-0.2, -0.15) is 0 Å². The zero-order valence-corrected chi connectivity index (χ0v) is 13.9. The van der Waals surface area contributed by atoms with Gasteiger partial charge < -0.3 is 9.84 Å². The maximum Gasteiger partial charge on any atom is 0.336 e. The Labute approximate surface area is 144 Å². The summed E-state index contributed by atoms with van der Waals surface area (Å²) in [6.07, 6.45) is 0.914. The van der Waals surface area contributed by atoms with Crippen molar-refractivity contribution in [2.75, 3.05) is 6.61 Å². The SMILES string of the molecule is CCCOc1cccc(-c2cc(C(=O)O)c3cccc(Cl)c3n2)c1. The molecule has 0 spiro atoms. The van der Waals surface area contributed by atoms with Crippen molar-refractivity contribution in [3.63, 3.8) is 0 Å². The van der Waals surface area contributed by atoms with E-state index in [9.17, 15) is 9.90 Å². The number of hydrogen-bond acceptors (Lipinski definition) is 3. The summed E-state index contributed by atoms with van der Waals surface area (Å²) in [6.45, 7) is 2.66. The first-order valence-corrected chi connectivity index (χ1v) is 8.03. The molecule has 122 valence electrons. The van der Waals surface area contributed by atoms with E-state index in [-0.39, 0.29) is 5.56 Å². The number of benzene rings is 2. The number of pyridine rings is 1. The first-order valence-electron chi connectivity index (χ1n) is 7.66. The molecule has 0 radical (unpaired) electrons. The van der Waals surface area contributed by atoms with Crippen molar-refractivity contribution in [1.29, 1.82) is 0 Å². The van der Waals surface area contributed by atoms with Crippen LogP contribution in [0.5, 0.6) is 5.75 Å². The molecule has 0 saturated heterocycles. The van der Waals surface area contributed by atoms with Gasteiger partial charge >= 0.3 is 5.97 Å². The van der Waals surface area contributed by atoms with Gasteiger partial charge in [0.15, 0.2) is 0 Å². The summed E-state index contributed by atoms with van der Waals surface area (Å²) in [7, 11) is 0. The molecule has 0 atom stereocenters. The molecule has 2 aromatic carbocycles. The van der Waals surface area contributed by atoms with Gasteiger partial charge in [0.2, 0.25) is 0 Å². The summed E-state index contributed by atoms with van der Waals surface area (Å²) >= 11 is 6.21. The Morgan fingerprint density at radius 3 is 2.75 bits per heavy atom. The number of carboxylic acid groups (broad SMARTS) is 1. The molecule has 4 nitrogen and oxygen atoms in total. The zero-order chi connectivity index (χ0) is 17.1. The van der Waals surface area contributed by atoms with Gasteiger partial charge in [0.25, 0.3) is 0 Å². The summed E-state index contributed by atoms with van der Waals surface area (Å²) in [5.74, 6) is -0.281. The fourth-order valence-electron chi connectivity index (χ4n) is 2.50. The van der Waals surface area contributed by atoms with Gasteiger partial charge in [-0.05, 0) is 30.7 Å². The van der Waals surface area contributed by atoms with Gasteiger partial charge in [0.05, 0.1) is 28.4 Å². The lowest BCUT2D eigenvalue weighted by molar-refractivity contribution is 0.0699. The molecule has 1 aromatic heterocycles. The summed E-state index contributed by atoms with van der Waals surface area (Å²) in [4.78, 5) is 16.2. The highest BCUT2D eigenvalue weighted by Crippen LogP contribution is 2.30. The molecular weight excluding hydrogens is 326 g/mol. The van der Waals surface area contributed by atoms with Crippen molar-refractivity contribution in [3.8, 4) is 17.0 Å². The van der Waals surface area contributed by atoms with Crippen molar-refractivity contribution in [2.24, 2.45) is 0 Å². The number of nitrogens with zero attached hydrogens (tertiary/aromatic N) is 1. The smallest absolute Gasteiger partial charge is 0.336 e. The van der Waals surface area contributed by atoms with Gasteiger partial charge in [-0.15, -0.1) is 0 Å². The van der Waals surface area contributed by atoms with Crippen molar-refractivity contribution in [1.82, 2.24) is 4.98 Å². The molecule has 3 rings (SSSR count). The van der Waals surface area contributed by atoms with Crippen LogP contribution in [-0.4, -0.2) is 22.7 Å². The van der Waals surface area contributed by atoms with Gasteiger partial charge in [-0.25, -0.2) is 9.78 Å². The minimum atomic E-state index is -1.01. The lowest BCUT2D eigenvalue weighted by Crippen LogP contribution is -2.01. The predicted octanol–water partition coefficient (Wildman–Crippen LogP) is 5.04. The number of carbonyl (C=O) groups is 1. The zero-order valence-electron chi connectivity index (χ0n) is 13.1. The van der Waals surface area contributed by atoms with Crippen LogP contribution < -0.4 is 4.74 Å². The second-order valence-corrected chi connectivity index (χ2v) is 5.78. The highest BCUT2D eigenvalue weighted by Gasteiger charge is 2.14. The molecule has 0 unspecified atom stereocenters. The molecule has 5 heteroatoms. The average Bonchev–Trinajstić information content (AvgIpc) is 2.59. The second kappa shape index (κ2) is 6.89. The monoisotopic (exact) mass is 341 g/mol. The Morgan fingerprint density at radius 2 is 2.00 bits per heavy atom. The van der Waals surface area contributed by atoms with Crippen LogP contribution in [0.2, 0.25) is 5.02 Å². The quantitative estimate of drug-likeness (QED) is 0.706. The first kappa shape index (κ1) is 16.3. The van der Waals surface area contributed by atoms with Gasteiger partial charge in [-0.1, -0.05) is 42.8 Å². The fourth-order valence-corrected chi connectivity index (χ4v) is 2.72. The van der Waals surface area contributed by atoms with Crippen LogP contribution in [-0.2, 0) is 0 Å². The van der Waals surface area contributed by atoms with Gasteiger partial charge in [-0.3, -0.25) is 0 Å². The molecule has 1 N–H and O–H groups in total. The third-order valence-electron chi connectivity index (χ3n) is 3.62. The number of carboxylic acids is 1. The van der Waals surface area contributed by atoms with Crippen LogP contribution in [0.25, 0.3) is 22.2 Å². The molecule has 0 aliphatic rings. The Bertz CT molecular complexity index is 908. The standard InChI is InChI=1S/C19H16ClNO3/c1-2-9-24-13-6-3-5-12(10-13)17-11-15(19(22)23)14-7-4-8-16(20)18(14)21-17/h3-8,10-11H,2,9H2,1H3,(H,22,23). The molecule has 0 aliphatic carbocycles. The largest absolute Gasteiger partial charge is 0.494 e. The number of rotatable bonds is 5. The molecular formula is C19H16ClNO3. The molecule has 3 aromatic rings. The van der Waals surface area contributed by atoms with Crippen LogP contribution in [0.15, 0.2) is 48.5 Å². The van der Waals surface area contributed by atoms with E-state index in [0.29, 0.717) is 28.2 Å². The van der Waals surface area contributed by atoms with E-state index in [4.69, 9.17) is 16.3 Å². The molecule has 0 amide bonds. The van der Waals surface area contributed by atoms with Gasteiger partial charge in [0, 0.05) is 10.9 Å². The Hall–Kier alpha value is -2.59. The Balaban J connectivity index is 2.16. The minimum absolute atomic E-state index is 0.178. The third-order valence-corrected chi connectivity index (χ3v) is 3.93. The molecule has 1 heterocycles. The van der Waals surface area contributed by atoms with Crippen molar-refractivity contribution >= 4 is 28.5 Å². The van der Waals surface area contributed by atoms with Gasteiger partial charge in [0.1, 0.15) is 5.75 Å². The number of aromatic nitrogens is 1. The van der Waals surface area contributed by atoms with E-state index in [1.807, 2.05) is 31.2 Å². The van der Waals surface area contributed by atoms with Crippen LogP contribution in [0.4, 0.5) is 0 Å². The van der Waals surface area contributed by atoms with E-state index in [1.54, 1.807) is 24.3 Å². The number of halogens is 1. The van der Waals surface area contributed by atoms with E-state index in [2.05, 4.69) is 4.98 Å². The molecule has 0 fully saturated rings. The first-order chi connectivity index (χ1) is 11.6. The molecule has 0 bridgehead atoms. The van der Waals surface area contributed by atoms with Crippen LogP contribution in [0.3, 0.4) is 0 Å². The molecule has 24 heavy (non-hydrogen) atoms. The summed E-state index contributed by atoms with van der Waals surface area (Å²) in [5, 5.41) is 10.5. The predicted molar refractivity (Wildman–Crippen MR) is 94.9 cm³/mol. The van der Waals surface area contributed by atoms with Crippen molar-refractivity contribution in [2.45, 2.75) is 13.3 Å². The van der Waals surface area contributed by atoms with Crippen LogP contribution in [0.1, 0.15) is 23.7 Å². The highest BCUT2D eigenvalue weighted by atomic mass is 35.5. The molecule has 0 saturated carbocycles.